The number of ether oxygens (including phenoxy) is 1. The molecule has 1 aromatic carbocycles. The Balaban J connectivity index is 1.90. The molecular formula is C18H21N5O4. The topological polar surface area (TPSA) is 124 Å². The first-order valence-electron chi connectivity index (χ1n) is 8.62. The summed E-state index contributed by atoms with van der Waals surface area (Å²) in [4.78, 5) is 28.3. The van der Waals surface area contributed by atoms with E-state index in [1.54, 1.807) is 6.07 Å². The molecule has 0 aliphatic carbocycles. The number of anilines is 3. The lowest BCUT2D eigenvalue weighted by atomic mass is 10.1. The average Bonchev–Trinajstić information content (AvgIpc) is 2.63. The van der Waals surface area contributed by atoms with Gasteiger partial charge in [0.15, 0.2) is 0 Å². The van der Waals surface area contributed by atoms with Crippen LogP contribution in [-0.4, -0.2) is 35.2 Å². The second-order valence-electron chi connectivity index (χ2n) is 6.42. The maximum atomic E-state index is 11.8. The zero-order valence-electron chi connectivity index (χ0n) is 14.9. The van der Waals surface area contributed by atoms with Gasteiger partial charge < -0.3 is 20.7 Å². The predicted octanol–water partition coefficient (Wildman–Crippen LogP) is 3.11. The Bertz CT molecular complexity index is 840. The minimum atomic E-state index is -0.840. The normalized spacial score (nSPS) is 16.6. The van der Waals surface area contributed by atoms with Crippen LogP contribution in [0.15, 0.2) is 36.5 Å². The highest BCUT2D eigenvalue weighted by Crippen LogP contribution is 2.36. The Morgan fingerprint density at radius 1 is 1.37 bits per heavy atom. The highest BCUT2D eigenvalue weighted by molar-refractivity contribution is 5.77. The van der Waals surface area contributed by atoms with Crippen LogP contribution in [0, 0.1) is 17.0 Å². The largest absolute Gasteiger partial charge is 0.445 e. The van der Waals surface area contributed by atoms with E-state index in [2.05, 4.69) is 10.3 Å². The van der Waals surface area contributed by atoms with Gasteiger partial charge in [-0.2, -0.15) is 0 Å². The van der Waals surface area contributed by atoms with Crippen LogP contribution in [0.3, 0.4) is 0 Å². The lowest BCUT2D eigenvalue weighted by Crippen LogP contribution is -2.41. The minimum Gasteiger partial charge on any atom is -0.445 e. The summed E-state index contributed by atoms with van der Waals surface area (Å²) in [5.41, 5.74) is 7.22. The van der Waals surface area contributed by atoms with Crippen molar-refractivity contribution >= 4 is 29.0 Å². The molecule has 0 unspecified atom stereocenters. The second kappa shape index (κ2) is 7.90. The Morgan fingerprint density at radius 2 is 2.11 bits per heavy atom. The first-order valence-corrected chi connectivity index (χ1v) is 8.62. The predicted molar refractivity (Wildman–Crippen MR) is 101 cm³/mol. The smallest absolute Gasteiger partial charge is 0.404 e. The zero-order valence-corrected chi connectivity index (χ0v) is 14.9. The number of pyridine rings is 1. The number of aryl methyl sites for hydroxylation is 1. The first-order chi connectivity index (χ1) is 12.9. The van der Waals surface area contributed by atoms with Crippen molar-refractivity contribution < 1.29 is 14.5 Å². The van der Waals surface area contributed by atoms with E-state index in [-0.39, 0.29) is 11.5 Å². The van der Waals surface area contributed by atoms with Crippen LogP contribution in [0.2, 0.25) is 0 Å². The van der Waals surface area contributed by atoms with Crippen molar-refractivity contribution in [1.29, 1.82) is 0 Å². The minimum absolute atomic E-state index is 0.113. The fraction of sp³-hybridized carbons (Fsp3) is 0.333. The molecule has 9 nitrogen and oxygen atoms in total. The SMILES string of the molecule is Cc1ccc(Nc2nccc(N3CCC[C@@H](OC(N)=O)C3)c2[N+](=O)[O-])cc1. The van der Waals surface area contributed by atoms with Crippen LogP contribution in [0.4, 0.5) is 27.7 Å². The number of nitro groups is 1. The van der Waals surface area contributed by atoms with Crippen molar-refractivity contribution in [2.45, 2.75) is 25.9 Å². The first kappa shape index (κ1) is 18.4. The summed E-state index contributed by atoms with van der Waals surface area (Å²) in [6.07, 6.45) is 1.70. The lowest BCUT2D eigenvalue weighted by Gasteiger charge is -2.33. The summed E-state index contributed by atoms with van der Waals surface area (Å²) in [6.45, 7) is 2.93. The number of nitrogens with zero attached hydrogens (tertiary/aromatic N) is 3. The molecule has 2 aromatic rings. The Kier molecular flexibility index (Phi) is 5.39. The Morgan fingerprint density at radius 3 is 2.78 bits per heavy atom. The quantitative estimate of drug-likeness (QED) is 0.611. The number of hydrogen-bond donors (Lipinski definition) is 2. The molecule has 2 heterocycles. The summed E-state index contributed by atoms with van der Waals surface area (Å²) < 4.78 is 5.08. The van der Waals surface area contributed by atoms with Gasteiger partial charge in [0.1, 0.15) is 11.8 Å². The van der Waals surface area contributed by atoms with Gasteiger partial charge in [-0.25, -0.2) is 9.78 Å². The van der Waals surface area contributed by atoms with Crippen LogP contribution >= 0.6 is 0 Å². The van der Waals surface area contributed by atoms with E-state index < -0.39 is 17.1 Å². The summed E-state index contributed by atoms with van der Waals surface area (Å²) in [6, 6.07) is 9.10. The third kappa shape index (κ3) is 4.43. The van der Waals surface area contributed by atoms with Gasteiger partial charge >= 0.3 is 11.8 Å². The molecule has 1 saturated heterocycles. The number of amides is 1. The molecule has 9 heteroatoms. The van der Waals surface area contributed by atoms with Gasteiger partial charge in [-0.15, -0.1) is 0 Å². The van der Waals surface area contributed by atoms with Crippen LogP contribution in [0.5, 0.6) is 0 Å². The maximum absolute atomic E-state index is 11.8. The number of benzene rings is 1. The average molecular weight is 371 g/mol. The van der Waals surface area contributed by atoms with E-state index in [1.807, 2.05) is 36.1 Å². The Labute approximate surface area is 156 Å². The third-order valence-electron chi connectivity index (χ3n) is 4.40. The monoisotopic (exact) mass is 371 g/mol. The maximum Gasteiger partial charge on any atom is 0.404 e. The molecule has 1 amide bonds. The van der Waals surface area contributed by atoms with Crippen molar-refractivity contribution in [3.05, 3.63) is 52.2 Å². The molecule has 3 rings (SSSR count). The lowest BCUT2D eigenvalue weighted by molar-refractivity contribution is -0.383. The van der Waals surface area contributed by atoms with Crippen LogP contribution in [0.25, 0.3) is 0 Å². The van der Waals surface area contributed by atoms with Gasteiger partial charge in [-0.3, -0.25) is 10.1 Å². The number of carbonyl (C=O) groups excluding carboxylic acids is 1. The molecule has 1 aromatic heterocycles. The van der Waals surface area contributed by atoms with Gasteiger partial charge in [-0.1, -0.05) is 17.7 Å². The van der Waals surface area contributed by atoms with E-state index >= 15 is 0 Å². The van der Waals surface area contributed by atoms with Gasteiger partial charge in [0.25, 0.3) is 0 Å². The molecule has 27 heavy (non-hydrogen) atoms. The molecule has 1 atom stereocenters. The number of aromatic nitrogens is 1. The number of piperidine rings is 1. The van der Waals surface area contributed by atoms with E-state index in [0.717, 1.165) is 12.0 Å². The molecule has 0 bridgehead atoms. The number of hydrogen-bond acceptors (Lipinski definition) is 7. The summed E-state index contributed by atoms with van der Waals surface area (Å²) in [7, 11) is 0. The molecule has 1 aliphatic heterocycles. The standard InChI is InChI=1S/C18H21N5O4/c1-12-4-6-13(7-5-12)21-17-16(23(25)26)15(8-9-20-17)22-10-2-3-14(11-22)27-18(19)24/h4-9,14H,2-3,10-11H2,1H3,(H2,19,24)(H,20,21)/t14-/m1/s1. The molecule has 0 spiro atoms. The van der Waals surface area contributed by atoms with Crippen LogP contribution in [-0.2, 0) is 4.74 Å². The summed E-state index contributed by atoms with van der Waals surface area (Å²) in [5.74, 6) is 0.166. The van der Waals surface area contributed by atoms with Crippen molar-refractivity contribution in [3.8, 4) is 0 Å². The van der Waals surface area contributed by atoms with Crippen molar-refractivity contribution in [1.82, 2.24) is 4.98 Å². The van der Waals surface area contributed by atoms with Crippen LogP contribution in [0.1, 0.15) is 18.4 Å². The molecule has 1 fully saturated rings. The van der Waals surface area contributed by atoms with Crippen molar-refractivity contribution in [2.75, 3.05) is 23.3 Å². The second-order valence-corrected chi connectivity index (χ2v) is 6.42. The van der Waals surface area contributed by atoms with E-state index in [4.69, 9.17) is 10.5 Å². The van der Waals surface area contributed by atoms with Crippen LogP contribution < -0.4 is 16.0 Å². The van der Waals surface area contributed by atoms with Gasteiger partial charge in [-0.05, 0) is 38.0 Å². The number of rotatable bonds is 5. The van der Waals surface area contributed by atoms with Crippen molar-refractivity contribution in [2.24, 2.45) is 5.73 Å². The highest BCUT2D eigenvalue weighted by Gasteiger charge is 2.30. The number of nitrogens with one attached hydrogen (secondary N) is 1. The summed E-state index contributed by atoms with van der Waals surface area (Å²) in [5, 5.41) is 14.8. The number of nitrogens with two attached hydrogens (primary N) is 1. The van der Waals surface area contributed by atoms with Crippen molar-refractivity contribution in [3.63, 3.8) is 0 Å². The van der Waals surface area contributed by atoms with E-state index in [9.17, 15) is 14.9 Å². The molecule has 0 radical (unpaired) electrons. The highest BCUT2D eigenvalue weighted by atomic mass is 16.6. The van der Waals surface area contributed by atoms with Gasteiger partial charge in [0, 0.05) is 18.4 Å². The molecule has 0 saturated carbocycles. The Hall–Kier alpha value is -3.36. The van der Waals surface area contributed by atoms with Gasteiger partial charge in [0.05, 0.1) is 11.5 Å². The zero-order chi connectivity index (χ0) is 19.4. The molecule has 3 N–H and O–H groups in total. The number of carbonyl (C=O) groups is 1. The molecule has 142 valence electrons. The third-order valence-corrected chi connectivity index (χ3v) is 4.40. The number of primary amides is 1. The molecule has 1 aliphatic rings. The van der Waals surface area contributed by atoms with E-state index in [0.29, 0.717) is 30.9 Å². The molecular weight excluding hydrogens is 350 g/mol. The van der Waals surface area contributed by atoms with Gasteiger partial charge in [0.2, 0.25) is 5.82 Å². The summed E-state index contributed by atoms with van der Waals surface area (Å²) >= 11 is 0. The fourth-order valence-corrected chi connectivity index (χ4v) is 3.16. The fourth-order valence-electron chi connectivity index (χ4n) is 3.16. The van der Waals surface area contributed by atoms with E-state index in [1.165, 1.54) is 6.20 Å².